The number of hydrogen-bond acceptors (Lipinski definition) is 3. The van der Waals surface area contributed by atoms with E-state index >= 15 is 0 Å². The maximum absolute atomic E-state index is 13.7. The molecular weight excluding hydrogens is 269 g/mol. The molecule has 5 heteroatoms. The fraction of sp³-hybridized carbons (Fsp3) is 0.438. The number of benzene rings is 1. The van der Waals surface area contributed by atoms with Crippen molar-refractivity contribution in [1.29, 1.82) is 0 Å². The molecule has 114 valence electrons. The third kappa shape index (κ3) is 4.04. The van der Waals surface area contributed by atoms with E-state index in [9.17, 15) is 4.39 Å². The van der Waals surface area contributed by atoms with Crippen LogP contribution < -0.4 is 10.1 Å². The number of rotatable bonds is 7. The molecule has 4 nitrogen and oxygen atoms in total. The van der Waals surface area contributed by atoms with Crippen molar-refractivity contribution >= 4 is 0 Å². The average molecular weight is 291 g/mol. The summed E-state index contributed by atoms with van der Waals surface area (Å²) in [6.07, 6.45) is 3.87. The number of nitrogens with one attached hydrogen (secondary N) is 2. The minimum absolute atomic E-state index is 0.107. The van der Waals surface area contributed by atoms with E-state index in [0.29, 0.717) is 0 Å². The summed E-state index contributed by atoms with van der Waals surface area (Å²) in [6.45, 7) is 4.93. The van der Waals surface area contributed by atoms with Gasteiger partial charge in [0.15, 0.2) is 11.6 Å². The van der Waals surface area contributed by atoms with Gasteiger partial charge in [-0.1, -0.05) is 6.07 Å². The van der Waals surface area contributed by atoms with Crippen LogP contribution in [0.5, 0.6) is 5.75 Å². The topological polar surface area (TPSA) is 49.9 Å². The van der Waals surface area contributed by atoms with Crippen LogP contribution in [0.2, 0.25) is 0 Å². The first-order valence-corrected chi connectivity index (χ1v) is 7.17. The second kappa shape index (κ2) is 7.22. The molecule has 0 aliphatic rings. The molecule has 2 aromatic rings. The van der Waals surface area contributed by atoms with Crippen LogP contribution in [0, 0.1) is 12.7 Å². The van der Waals surface area contributed by atoms with Gasteiger partial charge in [0.1, 0.15) is 0 Å². The van der Waals surface area contributed by atoms with Crippen LogP contribution in [-0.4, -0.2) is 23.9 Å². The zero-order valence-corrected chi connectivity index (χ0v) is 12.7. The maximum Gasteiger partial charge on any atom is 0.165 e. The molecule has 0 aliphatic carbocycles. The number of ether oxygens (including phenoxy) is 1. The van der Waals surface area contributed by atoms with Gasteiger partial charge >= 0.3 is 0 Å². The zero-order valence-electron chi connectivity index (χ0n) is 12.7. The van der Waals surface area contributed by atoms with Gasteiger partial charge in [-0.15, -0.1) is 0 Å². The Morgan fingerprint density at radius 1 is 1.43 bits per heavy atom. The molecule has 2 N–H and O–H groups in total. The molecule has 0 radical (unpaired) electrons. The molecule has 1 aromatic heterocycles. The molecule has 0 fully saturated rings. The lowest BCUT2D eigenvalue weighted by Gasteiger charge is -2.15. The molecule has 0 amide bonds. The predicted molar refractivity (Wildman–Crippen MR) is 81.0 cm³/mol. The zero-order chi connectivity index (χ0) is 15.2. The number of aromatic nitrogens is 2. The lowest BCUT2D eigenvalue weighted by Crippen LogP contribution is -2.20. The van der Waals surface area contributed by atoms with Crippen LogP contribution in [0.15, 0.2) is 24.4 Å². The third-order valence-electron chi connectivity index (χ3n) is 3.68. The first-order valence-electron chi connectivity index (χ1n) is 7.17. The lowest BCUT2D eigenvalue weighted by molar-refractivity contribution is 0.385. The number of halogens is 1. The molecule has 1 atom stereocenters. The summed E-state index contributed by atoms with van der Waals surface area (Å²) in [5.41, 5.74) is 3.30. The van der Waals surface area contributed by atoms with E-state index in [2.05, 4.69) is 15.5 Å². The Labute approximate surface area is 124 Å². The smallest absolute Gasteiger partial charge is 0.165 e. The van der Waals surface area contributed by atoms with Crippen molar-refractivity contribution in [3.63, 3.8) is 0 Å². The Bertz CT molecular complexity index is 583. The highest BCUT2D eigenvalue weighted by Gasteiger charge is 2.09. The van der Waals surface area contributed by atoms with Crippen LogP contribution in [0.1, 0.15) is 36.2 Å². The number of aryl methyl sites for hydroxylation is 2. The van der Waals surface area contributed by atoms with Gasteiger partial charge < -0.3 is 10.1 Å². The van der Waals surface area contributed by atoms with Gasteiger partial charge in [0.25, 0.3) is 0 Å². The highest BCUT2D eigenvalue weighted by Crippen LogP contribution is 2.21. The van der Waals surface area contributed by atoms with Crippen LogP contribution in [0.3, 0.4) is 0 Å². The molecule has 1 aromatic carbocycles. The molecule has 1 unspecified atom stereocenters. The standard InChI is InChI=1S/C16H22FN3O/c1-11(13-6-7-16(21-3)15(17)9-13)18-8-4-5-14-10-19-20-12(14)2/h6-7,9-11,18H,4-5,8H2,1-3H3,(H,19,20). The summed E-state index contributed by atoms with van der Waals surface area (Å²) in [5, 5.41) is 10.4. The Balaban J connectivity index is 1.80. The highest BCUT2D eigenvalue weighted by molar-refractivity contribution is 5.30. The van der Waals surface area contributed by atoms with Gasteiger partial charge in [-0.25, -0.2) is 4.39 Å². The van der Waals surface area contributed by atoms with Crippen molar-refractivity contribution in [3.8, 4) is 5.75 Å². The SMILES string of the molecule is COc1ccc(C(C)NCCCc2cn[nH]c2C)cc1F. The van der Waals surface area contributed by atoms with Crippen LogP contribution in [0.25, 0.3) is 0 Å². The van der Waals surface area contributed by atoms with Gasteiger partial charge in [0, 0.05) is 11.7 Å². The average Bonchev–Trinajstić information content (AvgIpc) is 2.88. The van der Waals surface area contributed by atoms with Crippen molar-refractivity contribution in [2.24, 2.45) is 0 Å². The Morgan fingerprint density at radius 3 is 2.86 bits per heavy atom. The monoisotopic (exact) mass is 291 g/mol. The first kappa shape index (κ1) is 15.5. The minimum Gasteiger partial charge on any atom is -0.494 e. The van der Waals surface area contributed by atoms with E-state index in [4.69, 9.17) is 4.74 Å². The molecule has 0 aliphatic heterocycles. The van der Waals surface area contributed by atoms with Crippen LogP contribution in [0.4, 0.5) is 4.39 Å². The normalized spacial score (nSPS) is 12.4. The quantitative estimate of drug-likeness (QED) is 0.770. The van der Waals surface area contributed by atoms with E-state index in [-0.39, 0.29) is 17.6 Å². The first-order chi connectivity index (χ1) is 10.1. The van der Waals surface area contributed by atoms with E-state index in [1.165, 1.54) is 18.7 Å². The van der Waals surface area contributed by atoms with Gasteiger partial charge in [0.05, 0.1) is 13.3 Å². The van der Waals surface area contributed by atoms with E-state index in [1.54, 1.807) is 6.07 Å². The summed E-state index contributed by atoms with van der Waals surface area (Å²) >= 11 is 0. The summed E-state index contributed by atoms with van der Waals surface area (Å²) in [4.78, 5) is 0. The largest absolute Gasteiger partial charge is 0.494 e. The maximum atomic E-state index is 13.7. The predicted octanol–water partition coefficient (Wildman–Crippen LogP) is 3.15. The number of aromatic amines is 1. The molecule has 2 rings (SSSR count). The number of nitrogens with zero attached hydrogens (tertiary/aromatic N) is 1. The van der Waals surface area contributed by atoms with Crippen molar-refractivity contribution in [2.45, 2.75) is 32.7 Å². The molecule has 0 spiro atoms. The lowest BCUT2D eigenvalue weighted by atomic mass is 10.1. The summed E-state index contributed by atoms with van der Waals surface area (Å²) < 4.78 is 18.6. The fourth-order valence-corrected chi connectivity index (χ4v) is 2.29. The molecule has 1 heterocycles. The number of methoxy groups -OCH3 is 1. The molecule has 0 saturated heterocycles. The van der Waals surface area contributed by atoms with Crippen molar-refractivity contribution in [2.75, 3.05) is 13.7 Å². The number of hydrogen-bond donors (Lipinski definition) is 2. The van der Waals surface area contributed by atoms with Gasteiger partial charge in [-0.3, -0.25) is 5.10 Å². The molecule has 0 saturated carbocycles. The third-order valence-corrected chi connectivity index (χ3v) is 3.68. The fourth-order valence-electron chi connectivity index (χ4n) is 2.29. The minimum atomic E-state index is -0.322. The Kier molecular flexibility index (Phi) is 5.33. The summed E-state index contributed by atoms with van der Waals surface area (Å²) in [5.74, 6) is -0.0425. The Hall–Kier alpha value is -1.88. The molecule has 0 bridgehead atoms. The molecular formula is C16H22FN3O. The van der Waals surface area contributed by atoms with E-state index < -0.39 is 0 Å². The number of H-pyrrole nitrogens is 1. The van der Waals surface area contributed by atoms with E-state index in [0.717, 1.165) is 30.6 Å². The second-order valence-corrected chi connectivity index (χ2v) is 5.19. The van der Waals surface area contributed by atoms with Crippen LogP contribution in [-0.2, 0) is 6.42 Å². The second-order valence-electron chi connectivity index (χ2n) is 5.19. The van der Waals surface area contributed by atoms with E-state index in [1.807, 2.05) is 26.1 Å². The van der Waals surface area contributed by atoms with Gasteiger partial charge in [-0.05, 0) is 56.5 Å². The van der Waals surface area contributed by atoms with Gasteiger partial charge in [-0.2, -0.15) is 5.10 Å². The van der Waals surface area contributed by atoms with Crippen LogP contribution >= 0.6 is 0 Å². The summed E-state index contributed by atoms with van der Waals surface area (Å²) in [6, 6.07) is 5.18. The Morgan fingerprint density at radius 2 is 2.24 bits per heavy atom. The van der Waals surface area contributed by atoms with Crippen molar-refractivity contribution in [1.82, 2.24) is 15.5 Å². The molecule has 21 heavy (non-hydrogen) atoms. The highest BCUT2D eigenvalue weighted by atomic mass is 19.1. The van der Waals surface area contributed by atoms with Crippen molar-refractivity contribution in [3.05, 3.63) is 47.0 Å². The summed E-state index contributed by atoms with van der Waals surface area (Å²) in [7, 11) is 1.47. The van der Waals surface area contributed by atoms with Gasteiger partial charge in [0.2, 0.25) is 0 Å². The van der Waals surface area contributed by atoms with Crippen molar-refractivity contribution < 1.29 is 9.13 Å².